The summed E-state index contributed by atoms with van der Waals surface area (Å²) in [6.45, 7) is 6.98. The van der Waals surface area contributed by atoms with Crippen LogP contribution in [0.3, 0.4) is 0 Å². The standard InChI is InChI=1S/C19H24N2O3/c1-18(2,3)24-17(23)21-10-8-19(9-11-21)12-16(20-13-22)14-6-4-5-7-15(14)19/h4-7,16H,8-12H2,1-3H3/t16-/m1/s1. The number of likely N-dealkylation sites (tertiary alicyclic amines) is 1. The molecule has 0 aromatic heterocycles. The van der Waals surface area contributed by atoms with Crippen molar-refractivity contribution in [1.82, 2.24) is 4.90 Å². The number of benzene rings is 1. The third kappa shape index (κ3) is 3.09. The number of piperidine rings is 1. The van der Waals surface area contributed by atoms with Crippen LogP contribution in [0.25, 0.3) is 0 Å². The van der Waals surface area contributed by atoms with Gasteiger partial charge in [-0.25, -0.2) is 9.59 Å². The molecule has 1 aromatic carbocycles. The number of nitrogens with zero attached hydrogens (tertiary/aromatic N) is 2. The van der Waals surface area contributed by atoms with E-state index < -0.39 is 5.60 Å². The van der Waals surface area contributed by atoms with Crippen LogP contribution in [0.5, 0.6) is 0 Å². The van der Waals surface area contributed by atoms with Crippen molar-refractivity contribution in [3.63, 3.8) is 0 Å². The van der Waals surface area contributed by atoms with Crippen LogP contribution in [-0.2, 0) is 14.9 Å². The first-order chi connectivity index (χ1) is 11.3. The molecule has 1 spiro atoms. The molecule has 24 heavy (non-hydrogen) atoms. The molecule has 1 fully saturated rings. The van der Waals surface area contributed by atoms with Gasteiger partial charge in [0.2, 0.25) is 6.08 Å². The molecular weight excluding hydrogens is 304 g/mol. The summed E-state index contributed by atoms with van der Waals surface area (Å²) in [5, 5.41) is 0. The fourth-order valence-electron chi connectivity index (χ4n) is 3.96. The first-order valence-corrected chi connectivity index (χ1v) is 8.49. The normalized spacial score (nSPS) is 22.0. The van der Waals surface area contributed by atoms with E-state index in [1.807, 2.05) is 32.9 Å². The molecule has 0 bridgehead atoms. The lowest BCUT2D eigenvalue weighted by molar-refractivity contribution is 0.0162. The summed E-state index contributed by atoms with van der Waals surface area (Å²) < 4.78 is 5.47. The number of amides is 1. The second kappa shape index (κ2) is 6.06. The van der Waals surface area contributed by atoms with E-state index in [2.05, 4.69) is 17.1 Å². The van der Waals surface area contributed by atoms with Crippen LogP contribution >= 0.6 is 0 Å². The van der Waals surface area contributed by atoms with E-state index in [4.69, 9.17) is 4.74 Å². The topological polar surface area (TPSA) is 59.0 Å². The average Bonchev–Trinajstić information content (AvgIpc) is 2.81. The lowest BCUT2D eigenvalue weighted by Gasteiger charge is -2.40. The quantitative estimate of drug-likeness (QED) is 0.583. The minimum absolute atomic E-state index is 0.000122. The number of carbonyl (C=O) groups is 1. The highest BCUT2D eigenvalue weighted by atomic mass is 16.6. The summed E-state index contributed by atoms with van der Waals surface area (Å²) >= 11 is 0. The second-order valence-corrected chi connectivity index (χ2v) is 7.78. The van der Waals surface area contributed by atoms with Crippen LogP contribution < -0.4 is 0 Å². The fraction of sp³-hybridized carbons (Fsp3) is 0.579. The SMILES string of the molecule is CC(C)(C)OC(=O)N1CCC2(CC1)C[C@@H](N=C=O)c1ccccc12. The summed E-state index contributed by atoms with van der Waals surface area (Å²) in [6.07, 6.45) is 4.03. The predicted molar refractivity (Wildman–Crippen MR) is 90.6 cm³/mol. The van der Waals surface area contributed by atoms with E-state index >= 15 is 0 Å². The van der Waals surface area contributed by atoms with Gasteiger partial charge in [0.05, 0.1) is 6.04 Å². The van der Waals surface area contributed by atoms with Gasteiger partial charge in [-0.1, -0.05) is 24.3 Å². The maximum atomic E-state index is 12.3. The molecule has 0 N–H and O–H groups in total. The minimum Gasteiger partial charge on any atom is -0.444 e. The molecule has 5 nitrogen and oxygen atoms in total. The monoisotopic (exact) mass is 328 g/mol. The molecule has 1 aliphatic carbocycles. The van der Waals surface area contributed by atoms with Crippen molar-refractivity contribution in [2.75, 3.05) is 13.1 Å². The van der Waals surface area contributed by atoms with Crippen molar-refractivity contribution in [3.8, 4) is 0 Å². The van der Waals surface area contributed by atoms with E-state index in [-0.39, 0.29) is 17.6 Å². The molecule has 1 heterocycles. The van der Waals surface area contributed by atoms with Crippen molar-refractivity contribution in [1.29, 1.82) is 0 Å². The van der Waals surface area contributed by atoms with Crippen LogP contribution in [-0.4, -0.2) is 35.8 Å². The molecule has 3 rings (SSSR count). The Morgan fingerprint density at radius 1 is 1.29 bits per heavy atom. The Kier molecular flexibility index (Phi) is 4.22. The zero-order chi connectivity index (χ0) is 17.4. The van der Waals surface area contributed by atoms with Crippen LogP contribution in [0.15, 0.2) is 29.3 Å². The molecule has 1 amide bonds. The van der Waals surface area contributed by atoms with E-state index in [1.54, 1.807) is 11.0 Å². The zero-order valence-electron chi connectivity index (χ0n) is 14.5. The highest BCUT2D eigenvalue weighted by Crippen LogP contribution is 2.51. The first kappa shape index (κ1) is 16.7. The molecule has 1 aromatic rings. The number of hydrogen-bond donors (Lipinski definition) is 0. The van der Waals surface area contributed by atoms with Gasteiger partial charge in [-0.15, -0.1) is 0 Å². The van der Waals surface area contributed by atoms with Crippen molar-refractivity contribution < 1.29 is 14.3 Å². The number of hydrogen-bond acceptors (Lipinski definition) is 4. The number of carbonyl (C=O) groups excluding carboxylic acids is 2. The molecule has 1 aliphatic heterocycles. The second-order valence-electron chi connectivity index (χ2n) is 7.78. The first-order valence-electron chi connectivity index (χ1n) is 8.49. The molecule has 0 radical (unpaired) electrons. The number of aliphatic imine (C=N–C) groups is 1. The van der Waals surface area contributed by atoms with Gasteiger partial charge in [-0.3, -0.25) is 0 Å². The third-order valence-electron chi connectivity index (χ3n) is 5.06. The number of rotatable bonds is 1. The zero-order valence-corrected chi connectivity index (χ0v) is 14.5. The summed E-state index contributed by atoms with van der Waals surface area (Å²) in [5.41, 5.74) is 1.93. The summed E-state index contributed by atoms with van der Waals surface area (Å²) in [6, 6.07) is 8.11. The van der Waals surface area contributed by atoms with Crippen LogP contribution in [0.2, 0.25) is 0 Å². The van der Waals surface area contributed by atoms with Crippen molar-refractivity contribution in [2.24, 2.45) is 4.99 Å². The van der Waals surface area contributed by atoms with Crippen LogP contribution in [0.1, 0.15) is 57.2 Å². The van der Waals surface area contributed by atoms with E-state index in [9.17, 15) is 9.59 Å². The number of fused-ring (bicyclic) bond motifs is 2. The smallest absolute Gasteiger partial charge is 0.410 e. The van der Waals surface area contributed by atoms with Crippen molar-refractivity contribution in [3.05, 3.63) is 35.4 Å². The summed E-state index contributed by atoms with van der Waals surface area (Å²) in [4.78, 5) is 28.8. The van der Waals surface area contributed by atoms with Crippen LogP contribution in [0.4, 0.5) is 4.79 Å². The molecule has 0 saturated carbocycles. The maximum absolute atomic E-state index is 12.3. The van der Waals surface area contributed by atoms with Gasteiger partial charge in [0.15, 0.2) is 0 Å². The largest absolute Gasteiger partial charge is 0.444 e. The van der Waals surface area contributed by atoms with Gasteiger partial charge in [-0.05, 0) is 51.2 Å². The number of ether oxygens (including phenoxy) is 1. The number of isocyanates is 1. The summed E-state index contributed by atoms with van der Waals surface area (Å²) in [7, 11) is 0. The van der Waals surface area contributed by atoms with Gasteiger partial charge in [0.25, 0.3) is 0 Å². The molecule has 2 aliphatic rings. The Bertz CT molecular complexity index is 678. The molecule has 1 saturated heterocycles. The highest BCUT2D eigenvalue weighted by Gasteiger charge is 2.46. The van der Waals surface area contributed by atoms with Crippen molar-refractivity contribution in [2.45, 2.75) is 57.1 Å². The van der Waals surface area contributed by atoms with E-state index in [1.165, 1.54) is 5.56 Å². The molecule has 5 heteroatoms. The fourth-order valence-corrected chi connectivity index (χ4v) is 3.96. The third-order valence-corrected chi connectivity index (χ3v) is 5.06. The van der Waals surface area contributed by atoms with E-state index in [0.29, 0.717) is 13.1 Å². The van der Waals surface area contributed by atoms with Gasteiger partial charge in [0.1, 0.15) is 5.60 Å². The van der Waals surface area contributed by atoms with Gasteiger partial charge in [0, 0.05) is 18.5 Å². The predicted octanol–water partition coefficient (Wildman–Crippen LogP) is 3.74. The Morgan fingerprint density at radius 3 is 2.58 bits per heavy atom. The Balaban J connectivity index is 1.76. The Labute approximate surface area is 142 Å². The minimum atomic E-state index is -0.476. The van der Waals surface area contributed by atoms with Crippen LogP contribution in [0, 0.1) is 0 Å². The van der Waals surface area contributed by atoms with Crippen molar-refractivity contribution >= 4 is 12.2 Å². The van der Waals surface area contributed by atoms with Gasteiger partial charge < -0.3 is 9.64 Å². The lowest BCUT2D eigenvalue weighted by atomic mass is 9.74. The van der Waals surface area contributed by atoms with E-state index in [0.717, 1.165) is 24.8 Å². The molecular formula is C19H24N2O3. The van der Waals surface area contributed by atoms with Gasteiger partial charge >= 0.3 is 6.09 Å². The average molecular weight is 328 g/mol. The molecule has 128 valence electrons. The maximum Gasteiger partial charge on any atom is 0.410 e. The highest BCUT2D eigenvalue weighted by molar-refractivity contribution is 5.68. The summed E-state index contributed by atoms with van der Waals surface area (Å²) in [5.74, 6) is 0. The molecule has 1 atom stereocenters. The Hall–Kier alpha value is -2.13. The lowest BCUT2D eigenvalue weighted by Crippen LogP contribution is -2.46. The molecule has 0 unspecified atom stereocenters. The Morgan fingerprint density at radius 2 is 1.96 bits per heavy atom. The van der Waals surface area contributed by atoms with Gasteiger partial charge in [-0.2, -0.15) is 4.99 Å².